The van der Waals surface area contributed by atoms with E-state index in [1.807, 2.05) is 49.4 Å². The molecule has 1 aromatic heterocycles. The van der Waals surface area contributed by atoms with Gasteiger partial charge in [-0.3, -0.25) is 4.57 Å². The van der Waals surface area contributed by atoms with Gasteiger partial charge < -0.3 is 10.5 Å². The molecule has 0 amide bonds. The average molecular weight is 444 g/mol. The SMILES string of the molecule is CCOc1ccc(-n2c3c(c(S[C@H](N)c4cccc5ccccc45)nc2=O)CCC3)cc1. The minimum atomic E-state index is -0.306. The van der Waals surface area contributed by atoms with E-state index in [0.717, 1.165) is 63.3 Å². The van der Waals surface area contributed by atoms with Crippen molar-refractivity contribution in [3.63, 3.8) is 0 Å². The van der Waals surface area contributed by atoms with Crippen LogP contribution in [0.25, 0.3) is 16.5 Å². The second kappa shape index (κ2) is 8.81. The Morgan fingerprint density at radius 2 is 1.84 bits per heavy atom. The van der Waals surface area contributed by atoms with Gasteiger partial charge in [-0.2, -0.15) is 4.98 Å². The van der Waals surface area contributed by atoms with Gasteiger partial charge in [-0.05, 0) is 66.8 Å². The molecule has 3 aromatic carbocycles. The maximum Gasteiger partial charge on any atom is 0.353 e. The Balaban J connectivity index is 1.52. The number of nitrogens with zero attached hydrogens (tertiary/aromatic N) is 2. The molecule has 32 heavy (non-hydrogen) atoms. The lowest BCUT2D eigenvalue weighted by atomic mass is 10.0. The highest BCUT2D eigenvalue weighted by atomic mass is 32.2. The molecule has 4 aromatic rings. The largest absolute Gasteiger partial charge is 0.494 e. The van der Waals surface area contributed by atoms with Gasteiger partial charge in [0.15, 0.2) is 0 Å². The predicted octanol–water partition coefficient (Wildman–Crippen LogP) is 5.02. The van der Waals surface area contributed by atoms with Gasteiger partial charge in [0.25, 0.3) is 0 Å². The van der Waals surface area contributed by atoms with Crippen LogP contribution in [0.15, 0.2) is 76.6 Å². The zero-order valence-corrected chi connectivity index (χ0v) is 18.8. The van der Waals surface area contributed by atoms with Crippen LogP contribution in [0.5, 0.6) is 5.75 Å². The molecule has 1 heterocycles. The fourth-order valence-electron chi connectivity index (χ4n) is 4.43. The van der Waals surface area contributed by atoms with Crippen LogP contribution >= 0.6 is 11.8 Å². The van der Waals surface area contributed by atoms with E-state index in [9.17, 15) is 4.79 Å². The van der Waals surface area contributed by atoms with Crippen LogP contribution in [-0.4, -0.2) is 16.2 Å². The summed E-state index contributed by atoms with van der Waals surface area (Å²) in [5, 5.41) is 2.74. The third kappa shape index (κ3) is 3.80. The number of ether oxygens (including phenoxy) is 1. The fraction of sp³-hybridized carbons (Fsp3) is 0.231. The van der Waals surface area contributed by atoms with Crippen molar-refractivity contribution in [1.82, 2.24) is 9.55 Å². The van der Waals surface area contributed by atoms with E-state index in [0.29, 0.717) is 6.61 Å². The van der Waals surface area contributed by atoms with Crippen molar-refractivity contribution in [2.24, 2.45) is 5.73 Å². The smallest absolute Gasteiger partial charge is 0.353 e. The lowest BCUT2D eigenvalue weighted by Gasteiger charge is -2.18. The highest BCUT2D eigenvalue weighted by Gasteiger charge is 2.24. The van der Waals surface area contributed by atoms with Gasteiger partial charge in [0.1, 0.15) is 10.8 Å². The van der Waals surface area contributed by atoms with Gasteiger partial charge in [-0.15, -0.1) is 0 Å². The van der Waals surface area contributed by atoms with Crippen LogP contribution in [0.4, 0.5) is 0 Å². The van der Waals surface area contributed by atoms with E-state index in [1.165, 1.54) is 11.8 Å². The zero-order chi connectivity index (χ0) is 22.1. The molecule has 0 fully saturated rings. The van der Waals surface area contributed by atoms with Crippen LogP contribution < -0.4 is 16.2 Å². The first-order valence-corrected chi connectivity index (χ1v) is 11.8. The molecule has 0 bridgehead atoms. The second-order valence-corrected chi connectivity index (χ2v) is 8.98. The summed E-state index contributed by atoms with van der Waals surface area (Å²) < 4.78 is 7.28. The quantitative estimate of drug-likeness (QED) is 0.257. The Labute approximate surface area is 191 Å². The first-order valence-electron chi connectivity index (χ1n) is 10.9. The van der Waals surface area contributed by atoms with Gasteiger partial charge in [0, 0.05) is 11.3 Å². The lowest BCUT2D eigenvalue weighted by Crippen LogP contribution is -2.26. The number of hydrogen-bond acceptors (Lipinski definition) is 5. The standard InChI is InChI=1S/C26H25N3O2S/c1-2-31-19-15-13-18(14-16-19)29-23-12-6-11-22(23)25(28-26(29)30)32-24(27)21-10-5-8-17-7-3-4-9-20(17)21/h3-5,7-10,13-16,24H,2,6,11-12,27H2,1H3/t24-/m0/s1. The summed E-state index contributed by atoms with van der Waals surface area (Å²) in [6.45, 7) is 2.56. The minimum Gasteiger partial charge on any atom is -0.494 e. The number of thioether (sulfide) groups is 1. The second-order valence-electron chi connectivity index (χ2n) is 7.85. The summed E-state index contributed by atoms with van der Waals surface area (Å²) in [4.78, 5) is 17.6. The third-order valence-electron chi connectivity index (χ3n) is 5.88. The average Bonchev–Trinajstić information content (AvgIpc) is 3.30. The number of hydrogen-bond donors (Lipinski definition) is 1. The summed E-state index contributed by atoms with van der Waals surface area (Å²) >= 11 is 1.48. The van der Waals surface area contributed by atoms with Crippen molar-refractivity contribution >= 4 is 22.5 Å². The van der Waals surface area contributed by atoms with E-state index < -0.39 is 0 Å². The van der Waals surface area contributed by atoms with Crippen molar-refractivity contribution in [2.45, 2.75) is 36.6 Å². The van der Waals surface area contributed by atoms with Crippen molar-refractivity contribution in [1.29, 1.82) is 0 Å². The van der Waals surface area contributed by atoms with Crippen molar-refractivity contribution < 1.29 is 4.74 Å². The lowest BCUT2D eigenvalue weighted by molar-refractivity contribution is 0.340. The molecule has 1 atom stereocenters. The number of aromatic nitrogens is 2. The molecular weight excluding hydrogens is 418 g/mol. The van der Waals surface area contributed by atoms with Gasteiger partial charge in [-0.1, -0.05) is 54.2 Å². The number of nitrogens with two attached hydrogens (primary N) is 1. The monoisotopic (exact) mass is 443 g/mol. The van der Waals surface area contributed by atoms with E-state index in [2.05, 4.69) is 29.2 Å². The van der Waals surface area contributed by atoms with Gasteiger partial charge >= 0.3 is 5.69 Å². The molecule has 0 unspecified atom stereocenters. The molecule has 1 aliphatic rings. The predicted molar refractivity (Wildman–Crippen MR) is 130 cm³/mol. The Morgan fingerprint density at radius 1 is 1.06 bits per heavy atom. The maximum absolute atomic E-state index is 13.1. The Kier molecular flexibility index (Phi) is 5.72. The van der Waals surface area contributed by atoms with Crippen LogP contribution in [0, 0.1) is 0 Å². The molecule has 162 valence electrons. The van der Waals surface area contributed by atoms with E-state index in [-0.39, 0.29) is 11.1 Å². The highest BCUT2D eigenvalue weighted by molar-refractivity contribution is 7.99. The molecule has 0 saturated carbocycles. The molecule has 6 heteroatoms. The number of fused-ring (bicyclic) bond motifs is 2. The highest BCUT2D eigenvalue weighted by Crippen LogP contribution is 2.38. The van der Waals surface area contributed by atoms with E-state index >= 15 is 0 Å². The van der Waals surface area contributed by atoms with Crippen molar-refractivity contribution in [2.75, 3.05) is 6.61 Å². The van der Waals surface area contributed by atoms with Gasteiger partial charge in [0.05, 0.1) is 17.7 Å². The Hall–Kier alpha value is -3.09. The van der Waals surface area contributed by atoms with Gasteiger partial charge in [0.2, 0.25) is 0 Å². The van der Waals surface area contributed by atoms with Crippen LogP contribution in [0.2, 0.25) is 0 Å². The van der Waals surface area contributed by atoms with Crippen molar-refractivity contribution in [3.05, 3.63) is 94.0 Å². The zero-order valence-electron chi connectivity index (χ0n) is 18.0. The molecule has 5 nitrogen and oxygen atoms in total. The molecule has 2 N–H and O–H groups in total. The Morgan fingerprint density at radius 3 is 2.66 bits per heavy atom. The van der Waals surface area contributed by atoms with Crippen molar-refractivity contribution in [3.8, 4) is 11.4 Å². The Bertz CT molecular complexity index is 1330. The summed E-state index contributed by atoms with van der Waals surface area (Å²) in [6, 6.07) is 22.0. The molecule has 0 radical (unpaired) electrons. The summed E-state index contributed by atoms with van der Waals surface area (Å²) in [5.41, 5.74) is 10.4. The molecule has 0 saturated heterocycles. The fourth-order valence-corrected chi connectivity index (χ4v) is 5.49. The molecule has 0 aliphatic heterocycles. The van der Waals surface area contributed by atoms with Crippen LogP contribution in [-0.2, 0) is 12.8 Å². The summed E-state index contributed by atoms with van der Waals surface area (Å²) in [5.74, 6) is 0.794. The van der Waals surface area contributed by atoms with Gasteiger partial charge in [-0.25, -0.2) is 4.79 Å². The minimum absolute atomic E-state index is 0.262. The number of benzene rings is 3. The van der Waals surface area contributed by atoms with Crippen LogP contribution in [0.1, 0.15) is 35.5 Å². The number of rotatable bonds is 6. The topological polar surface area (TPSA) is 70.1 Å². The maximum atomic E-state index is 13.1. The third-order valence-corrected chi connectivity index (χ3v) is 6.95. The van der Waals surface area contributed by atoms with E-state index in [4.69, 9.17) is 10.5 Å². The molecule has 1 aliphatic carbocycles. The molecular formula is C26H25N3O2S. The summed E-state index contributed by atoms with van der Waals surface area (Å²) in [6.07, 6.45) is 2.77. The molecule has 5 rings (SSSR count). The summed E-state index contributed by atoms with van der Waals surface area (Å²) in [7, 11) is 0. The van der Waals surface area contributed by atoms with Crippen LogP contribution in [0.3, 0.4) is 0 Å². The molecule has 0 spiro atoms. The van der Waals surface area contributed by atoms with E-state index in [1.54, 1.807) is 4.57 Å². The first kappa shape index (κ1) is 20.8. The normalized spacial score (nSPS) is 13.8. The first-order chi connectivity index (χ1) is 15.7.